The summed E-state index contributed by atoms with van der Waals surface area (Å²) in [6.07, 6.45) is 0. The van der Waals surface area contributed by atoms with Crippen molar-refractivity contribution in [3.8, 4) is 0 Å². The van der Waals surface area contributed by atoms with E-state index in [1.54, 1.807) is 0 Å². The monoisotopic (exact) mass is 232 g/mol. The van der Waals surface area contributed by atoms with Gasteiger partial charge < -0.3 is 24.2 Å². The minimum absolute atomic E-state index is 0. The van der Waals surface area contributed by atoms with Crippen LogP contribution in [-0.2, 0) is 13.9 Å². The van der Waals surface area contributed by atoms with E-state index in [1.165, 1.54) is 0 Å². The standard InChI is InChI=1S/C2H5O6P.2K/c3-2(4)1-8-9(5,6)7;;/h1H2,(H,3,4)(H2,5,6,7);;/q;2*+1/p-2. The van der Waals surface area contributed by atoms with Gasteiger partial charge in [0.2, 0.25) is 0 Å². The minimum atomic E-state index is -4.89. The van der Waals surface area contributed by atoms with Crippen molar-refractivity contribution in [3.05, 3.63) is 0 Å². The van der Waals surface area contributed by atoms with Crippen LogP contribution in [0.15, 0.2) is 0 Å². The van der Waals surface area contributed by atoms with Crippen molar-refractivity contribution in [1.29, 1.82) is 0 Å². The van der Waals surface area contributed by atoms with Gasteiger partial charge in [0.25, 0.3) is 7.82 Å². The molecule has 0 amide bonds. The largest absolute Gasteiger partial charge is 1.00 e. The van der Waals surface area contributed by atoms with Crippen molar-refractivity contribution in [1.82, 2.24) is 0 Å². The van der Waals surface area contributed by atoms with Gasteiger partial charge in [0, 0.05) is 0 Å². The third kappa shape index (κ3) is 19.3. The number of rotatable bonds is 3. The first kappa shape index (κ1) is 19.4. The summed E-state index contributed by atoms with van der Waals surface area (Å²) in [6, 6.07) is 0. The van der Waals surface area contributed by atoms with Crippen LogP contribution in [0.4, 0.5) is 0 Å². The number of hydrogen-bond donors (Lipinski definition) is 1. The molecule has 1 unspecified atom stereocenters. The SMILES string of the molecule is O=C([O-])COP(=O)([O-])O.[K+].[K+]. The van der Waals surface area contributed by atoms with Gasteiger partial charge in [-0.25, -0.2) is 0 Å². The molecule has 0 aromatic heterocycles. The van der Waals surface area contributed by atoms with E-state index in [1.807, 2.05) is 0 Å². The first-order valence-corrected chi connectivity index (χ1v) is 3.29. The Hall–Kier alpha value is 2.85. The van der Waals surface area contributed by atoms with E-state index in [4.69, 9.17) is 4.89 Å². The molecule has 0 spiro atoms. The molecule has 0 aliphatic rings. The Morgan fingerprint density at radius 3 is 2.00 bits per heavy atom. The molecule has 0 saturated heterocycles. The van der Waals surface area contributed by atoms with Crippen LogP contribution < -0.4 is 113 Å². The number of carboxylic acid groups (broad SMARTS) is 1. The van der Waals surface area contributed by atoms with Crippen LogP contribution in [0.3, 0.4) is 0 Å². The molecular formula is C2H3K2O6P. The molecule has 54 valence electrons. The number of carboxylic acids is 1. The molecular weight excluding hydrogens is 229 g/mol. The molecule has 6 nitrogen and oxygen atoms in total. The third-order valence-corrected chi connectivity index (χ3v) is 0.801. The summed E-state index contributed by atoms with van der Waals surface area (Å²) >= 11 is 0. The fourth-order valence-electron chi connectivity index (χ4n) is 0.134. The Morgan fingerprint density at radius 1 is 1.55 bits per heavy atom. The zero-order valence-electron chi connectivity index (χ0n) is 6.14. The molecule has 0 rings (SSSR count). The summed E-state index contributed by atoms with van der Waals surface area (Å²) in [5.41, 5.74) is 0. The topological polar surface area (TPSA) is 110 Å². The van der Waals surface area contributed by atoms with Crippen molar-refractivity contribution in [3.63, 3.8) is 0 Å². The quantitative estimate of drug-likeness (QED) is 0.382. The summed E-state index contributed by atoms with van der Waals surface area (Å²) in [5.74, 6) is -1.71. The van der Waals surface area contributed by atoms with Gasteiger partial charge in [-0.3, -0.25) is 4.57 Å². The second-order valence-corrected chi connectivity index (χ2v) is 2.31. The Kier molecular flexibility index (Phi) is 16.6. The van der Waals surface area contributed by atoms with Gasteiger partial charge in [-0.2, -0.15) is 0 Å². The predicted octanol–water partition coefficient (Wildman–Crippen LogP) is -8.78. The number of carbonyl (C=O) groups excluding carboxylic acids is 1. The molecule has 0 bridgehead atoms. The predicted molar refractivity (Wildman–Crippen MR) is 20.8 cm³/mol. The Bertz CT molecular complexity index is 153. The Labute approximate surface area is 148 Å². The fraction of sp³-hybridized carbons (Fsp3) is 0.500. The van der Waals surface area contributed by atoms with Crippen molar-refractivity contribution in [2.24, 2.45) is 0 Å². The number of phosphoric acid groups is 1. The minimum Gasteiger partial charge on any atom is -0.756 e. The summed E-state index contributed by atoms with van der Waals surface area (Å²) in [7, 11) is -4.89. The first-order chi connectivity index (χ1) is 3.92. The molecule has 0 heterocycles. The molecule has 0 saturated carbocycles. The summed E-state index contributed by atoms with van der Waals surface area (Å²) in [4.78, 5) is 26.8. The third-order valence-electron chi connectivity index (χ3n) is 0.346. The summed E-state index contributed by atoms with van der Waals surface area (Å²) in [6.45, 7) is -1.16. The normalized spacial score (nSPS) is 13.6. The van der Waals surface area contributed by atoms with Crippen LogP contribution in [-0.4, -0.2) is 17.5 Å². The van der Waals surface area contributed by atoms with Crippen molar-refractivity contribution >= 4 is 13.8 Å². The van der Waals surface area contributed by atoms with Crippen LogP contribution >= 0.6 is 7.82 Å². The van der Waals surface area contributed by atoms with Gasteiger partial charge >= 0.3 is 103 Å². The van der Waals surface area contributed by atoms with Crippen molar-refractivity contribution in [2.75, 3.05) is 6.61 Å². The number of carbonyl (C=O) groups is 1. The van der Waals surface area contributed by atoms with E-state index in [0.717, 1.165) is 0 Å². The molecule has 9 heteroatoms. The van der Waals surface area contributed by atoms with E-state index in [2.05, 4.69) is 4.52 Å². The van der Waals surface area contributed by atoms with Gasteiger partial charge in [-0.05, 0) is 0 Å². The van der Waals surface area contributed by atoms with Gasteiger partial charge in [-0.1, -0.05) is 0 Å². The maximum Gasteiger partial charge on any atom is 1.00 e. The number of aliphatic carboxylic acids is 1. The second-order valence-electron chi connectivity index (χ2n) is 1.11. The van der Waals surface area contributed by atoms with Gasteiger partial charge in [-0.15, -0.1) is 0 Å². The molecule has 0 aromatic rings. The number of hydrogen-bond acceptors (Lipinski definition) is 5. The van der Waals surface area contributed by atoms with Gasteiger partial charge in [0.1, 0.15) is 0 Å². The molecule has 0 aromatic carbocycles. The fourth-order valence-corrected chi connectivity index (χ4v) is 0.403. The first-order valence-electron chi connectivity index (χ1n) is 1.80. The molecule has 0 fully saturated rings. The van der Waals surface area contributed by atoms with E-state index in [-0.39, 0.29) is 103 Å². The molecule has 1 atom stereocenters. The zero-order chi connectivity index (χ0) is 7.49. The number of phosphoric ester groups is 1. The van der Waals surface area contributed by atoms with Gasteiger partial charge in [0.15, 0.2) is 0 Å². The molecule has 0 aliphatic heterocycles. The smallest absolute Gasteiger partial charge is 0.756 e. The Morgan fingerprint density at radius 2 is 1.91 bits per heavy atom. The van der Waals surface area contributed by atoms with Crippen molar-refractivity contribution in [2.45, 2.75) is 0 Å². The Balaban J connectivity index is -0.000000320. The van der Waals surface area contributed by atoms with Crippen LogP contribution in [0, 0.1) is 0 Å². The van der Waals surface area contributed by atoms with E-state index in [0.29, 0.717) is 0 Å². The average molecular weight is 232 g/mol. The van der Waals surface area contributed by atoms with Crippen LogP contribution in [0.5, 0.6) is 0 Å². The van der Waals surface area contributed by atoms with Gasteiger partial charge in [0.05, 0.1) is 12.6 Å². The molecule has 0 radical (unpaired) electrons. The van der Waals surface area contributed by atoms with Crippen LogP contribution in [0.1, 0.15) is 0 Å². The molecule has 11 heavy (non-hydrogen) atoms. The summed E-state index contributed by atoms with van der Waals surface area (Å²) in [5, 5.41) is 9.44. The molecule has 0 aliphatic carbocycles. The van der Waals surface area contributed by atoms with E-state index >= 15 is 0 Å². The zero-order valence-corrected chi connectivity index (χ0v) is 13.3. The van der Waals surface area contributed by atoms with E-state index < -0.39 is 20.4 Å². The average Bonchev–Trinajstić information content (AvgIpc) is 1.59. The van der Waals surface area contributed by atoms with E-state index in [9.17, 15) is 19.4 Å². The van der Waals surface area contributed by atoms with Crippen LogP contribution in [0.25, 0.3) is 0 Å². The van der Waals surface area contributed by atoms with Crippen molar-refractivity contribution < 1.29 is 132 Å². The second kappa shape index (κ2) is 9.41. The maximum absolute atomic E-state index is 9.61. The van der Waals surface area contributed by atoms with Crippen LogP contribution in [0.2, 0.25) is 0 Å². The molecule has 1 N–H and O–H groups in total. The summed E-state index contributed by atoms with van der Waals surface area (Å²) < 4.78 is 13.0. The maximum atomic E-state index is 9.61.